The molecule has 0 unspecified atom stereocenters. The summed E-state index contributed by atoms with van der Waals surface area (Å²) < 4.78 is 40.2. The van der Waals surface area contributed by atoms with Crippen molar-refractivity contribution in [3.05, 3.63) is 105 Å². The van der Waals surface area contributed by atoms with E-state index in [1.54, 1.807) is 6.92 Å². The maximum absolute atomic E-state index is 12.9. The number of nitrogen functional groups attached to an aromatic ring is 2. The van der Waals surface area contributed by atoms with Crippen LogP contribution < -0.4 is 22.1 Å². The van der Waals surface area contributed by atoms with Crippen LogP contribution in [0.3, 0.4) is 0 Å². The molecule has 0 aliphatic rings. The number of halogens is 2. The number of thiazole rings is 2. The fourth-order valence-corrected chi connectivity index (χ4v) is 5.50. The van der Waals surface area contributed by atoms with Gasteiger partial charge in [0.2, 0.25) is 23.1 Å². The summed E-state index contributed by atoms with van der Waals surface area (Å²) in [7, 11) is 0. The predicted octanol–water partition coefficient (Wildman–Crippen LogP) is 5.53. The number of carbonyl (C=O) groups is 4. The Morgan fingerprint density at radius 3 is 1.58 bits per heavy atom. The van der Waals surface area contributed by atoms with Crippen molar-refractivity contribution in [1.29, 1.82) is 0 Å². The molecule has 4 aromatic heterocycles. The number of aromatic carboxylic acids is 1. The highest BCUT2D eigenvalue weighted by Gasteiger charge is 2.25. The number of nitrogens with one attached hydrogen (secondary N) is 2. The summed E-state index contributed by atoms with van der Waals surface area (Å²) >= 11 is 1.95. The molecule has 0 atom stereocenters. The van der Waals surface area contributed by atoms with Crippen molar-refractivity contribution in [1.82, 2.24) is 20.3 Å². The predicted molar refractivity (Wildman–Crippen MR) is 175 cm³/mol. The molecule has 0 saturated carbocycles. The molecular formula is C30H22F2N8O8S2. The van der Waals surface area contributed by atoms with Crippen molar-refractivity contribution < 1.29 is 46.8 Å². The number of hydrogen-bond donors (Lipinski definition) is 5. The van der Waals surface area contributed by atoms with E-state index >= 15 is 0 Å². The van der Waals surface area contributed by atoms with Gasteiger partial charge in [0.25, 0.3) is 0 Å². The van der Waals surface area contributed by atoms with Gasteiger partial charge in [-0.25, -0.2) is 28.3 Å². The van der Waals surface area contributed by atoms with Gasteiger partial charge in [-0.1, -0.05) is 33.0 Å². The molecule has 0 aliphatic heterocycles. The molecule has 0 aliphatic carbocycles. The molecule has 2 aromatic carbocycles. The quantitative estimate of drug-likeness (QED) is 0.0813. The van der Waals surface area contributed by atoms with Gasteiger partial charge in [-0.3, -0.25) is 9.59 Å². The number of ketones is 2. The minimum atomic E-state index is -1.31. The number of anilines is 6. The second kappa shape index (κ2) is 15.1. The van der Waals surface area contributed by atoms with Gasteiger partial charge >= 0.3 is 11.9 Å². The second-order valence-electron chi connectivity index (χ2n) is 9.57. The molecule has 0 saturated heterocycles. The van der Waals surface area contributed by atoms with Gasteiger partial charge in [0, 0.05) is 23.5 Å². The molecule has 0 spiro atoms. The van der Waals surface area contributed by atoms with Crippen molar-refractivity contribution in [3.63, 3.8) is 0 Å². The molecule has 0 amide bonds. The highest BCUT2D eigenvalue weighted by Crippen LogP contribution is 2.31. The maximum Gasteiger partial charge on any atom is 0.360 e. The molecule has 0 fully saturated rings. The number of ether oxygens (including phenoxy) is 1. The van der Waals surface area contributed by atoms with Crippen LogP contribution in [-0.4, -0.2) is 55.5 Å². The van der Waals surface area contributed by atoms with E-state index < -0.39 is 23.5 Å². The van der Waals surface area contributed by atoms with Gasteiger partial charge in [-0.05, 0) is 55.5 Å². The number of rotatable bonds is 11. The Hall–Kier alpha value is -6.54. The van der Waals surface area contributed by atoms with E-state index in [4.69, 9.17) is 30.4 Å². The standard InChI is InChI=1S/C16H13FN4O4S.C14H9FN4O4S/c1-2-24-15(23)10-7-11(25-21-10)12(22)13-14(18)20-16(26-13)19-9-5-3-8(17)4-6-9;15-6-1-3-7(4-2-6)17-14-18-12(16)11(24-14)10(20)9-5-8(13(21)22)19-23-9/h3-7H,2,18H2,1H3,(H,19,20);1-5H,16H2,(H,17,18)(H,21,22). The van der Waals surface area contributed by atoms with Crippen LogP contribution in [0.15, 0.2) is 69.7 Å². The number of carboxylic acid groups (broad SMARTS) is 1. The van der Waals surface area contributed by atoms with Crippen LogP contribution in [0.25, 0.3) is 0 Å². The largest absolute Gasteiger partial charge is 0.476 e. The minimum Gasteiger partial charge on any atom is -0.476 e. The van der Waals surface area contributed by atoms with E-state index in [9.17, 15) is 28.0 Å². The number of benzene rings is 2. The lowest BCUT2D eigenvalue weighted by Crippen LogP contribution is -2.05. The van der Waals surface area contributed by atoms with Crippen molar-refractivity contribution in [3.8, 4) is 0 Å². The van der Waals surface area contributed by atoms with Crippen LogP contribution in [0.4, 0.5) is 42.1 Å². The van der Waals surface area contributed by atoms with Crippen molar-refractivity contribution >= 4 is 79.5 Å². The van der Waals surface area contributed by atoms with Crippen LogP contribution in [-0.2, 0) is 4.74 Å². The molecule has 20 heteroatoms. The smallest absolute Gasteiger partial charge is 0.360 e. The molecule has 16 nitrogen and oxygen atoms in total. The third-order valence-electron chi connectivity index (χ3n) is 6.08. The number of carboxylic acids is 1. The molecule has 50 heavy (non-hydrogen) atoms. The first kappa shape index (κ1) is 34.8. The lowest BCUT2D eigenvalue weighted by molar-refractivity contribution is 0.0513. The Morgan fingerprint density at radius 2 is 1.18 bits per heavy atom. The molecular weight excluding hydrogens is 703 g/mol. The Morgan fingerprint density at radius 1 is 0.760 bits per heavy atom. The van der Waals surface area contributed by atoms with Gasteiger partial charge in [-0.15, -0.1) is 0 Å². The Balaban J connectivity index is 0.000000195. The number of aromatic nitrogens is 4. The molecule has 7 N–H and O–H groups in total. The van der Waals surface area contributed by atoms with Gasteiger partial charge in [0.1, 0.15) is 33.0 Å². The molecule has 0 bridgehead atoms. The zero-order valence-corrected chi connectivity index (χ0v) is 26.9. The molecule has 6 rings (SSSR count). The SMILES string of the molecule is CCOC(=O)c1cc(C(=O)c2sc(Nc3ccc(F)cc3)nc2N)on1.Nc1nc(Nc2ccc(F)cc2)sc1C(=O)c1cc(C(=O)O)no1. The average Bonchev–Trinajstić information content (AvgIpc) is 3.90. The summed E-state index contributed by atoms with van der Waals surface area (Å²) in [6.45, 7) is 1.83. The highest BCUT2D eigenvalue weighted by molar-refractivity contribution is 7.18. The fraction of sp³-hybridized carbons (Fsp3) is 0.0667. The summed E-state index contributed by atoms with van der Waals surface area (Å²) in [6.07, 6.45) is 0. The lowest BCUT2D eigenvalue weighted by Gasteiger charge is -2.00. The number of carbonyl (C=O) groups excluding carboxylic acids is 3. The Bertz CT molecular complexity index is 2180. The Kier molecular flexibility index (Phi) is 10.5. The van der Waals surface area contributed by atoms with Crippen molar-refractivity contribution in [2.45, 2.75) is 6.92 Å². The van der Waals surface area contributed by atoms with Crippen molar-refractivity contribution in [2.75, 3.05) is 28.7 Å². The van der Waals surface area contributed by atoms with Crippen LogP contribution >= 0.6 is 22.7 Å². The Labute approximate surface area is 286 Å². The van der Waals surface area contributed by atoms with Crippen LogP contribution in [0.5, 0.6) is 0 Å². The van der Waals surface area contributed by atoms with Crippen LogP contribution in [0, 0.1) is 11.6 Å². The van der Waals surface area contributed by atoms with E-state index in [1.165, 1.54) is 54.6 Å². The monoisotopic (exact) mass is 724 g/mol. The maximum atomic E-state index is 12.9. The number of nitrogens with zero attached hydrogens (tertiary/aromatic N) is 4. The van der Waals surface area contributed by atoms with Crippen molar-refractivity contribution in [2.24, 2.45) is 0 Å². The zero-order chi connectivity index (χ0) is 35.9. The van der Waals surface area contributed by atoms with E-state index in [0.29, 0.717) is 21.6 Å². The third-order valence-corrected chi connectivity index (χ3v) is 8.05. The fourth-order valence-electron chi connectivity index (χ4n) is 3.80. The minimum absolute atomic E-state index is 0.00121. The normalized spacial score (nSPS) is 10.5. The summed E-state index contributed by atoms with van der Waals surface area (Å²) in [5.74, 6) is -4.39. The van der Waals surface area contributed by atoms with Gasteiger partial charge < -0.3 is 41.0 Å². The summed E-state index contributed by atoms with van der Waals surface area (Å²) in [5.41, 5.74) is 12.2. The average molecular weight is 725 g/mol. The summed E-state index contributed by atoms with van der Waals surface area (Å²) in [4.78, 5) is 55.4. The molecule has 256 valence electrons. The topological polar surface area (TPSA) is 252 Å². The first-order chi connectivity index (χ1) is 23.9. The molecule has 6 aromatic rings. The van der Waals surface area contributed by atoms with E-state index in [1.807, 2.05) is 0 Å². The highest BCUT2D eigenvalue weighted by atomic mass is 32.1. The lowest BCUT2D eigenvalue weighted by atomic mass is 10.2. The third kappa shape index (κ3) is 8.29. The van der Waals surface area contributed by atoms with Crippen LogP contribution in [0.2, 0.25) is 0 Å². The van der Waals surface area contributed by atoms with E-state index in [-0.39, 0.29) is 62.5 Å². The van der Waals surface area contributed by atoms with E-state index in [0.717, 1.165) is 28.7 Å². The van der Waals surface area contributed by atoms with E-state index in [2.05, 4.69) is 30.9 Å². The number of esters is 1. The van der Waals surface area contributed by atoms with Gasteiger partial charge in [-0.2, -0.15) is 0 Å². The first-order valence-electron chi connectivity index (χ1n) is 13.9. The second-order valence-corrected chi connectivity index (χ2v) is 11.6. The van der Waals surface area contributed by atoms with Gasteiger partial charge in [0.05, 0.1) is 6.61 Å². The molecule has 4 heterocycles. The van der Waals surface area contributed by atoms with Crippen LogP contribution in [0.1, 0.15) is 58.8 Å². The summed E-state index contributed by atoms with van der Waals surface area (Å²) in [6, 6.07) is 13.4. The number of hydrogen-bond acceptors (Lipinski definition) is 17. The molecule has 0 radical (unpaired) electrons. The number of nitrogens with two attached hydrogens (primary N) is 2. The first-order valence-corrected chi connectivity index (χ1v) is 15.6. The summed E-state index contributed by atoms with van der Waals surface area (Å²) in [5, 5.41) is 22.1. The van der Waals surface area contributed by atoms with Gasteiger partial charge in [0.15, 0.2) is 21.7 Å². The zero-order valence-electron chi connectivity index (χ0n) is 25.3.